The maximum Gasteiger partial charge on any atom is 0.410 e. The zero-order chi connectivity index (χ0) is 24.4. The van der Waals surface area contributed by atoms with Gasteiger partial charge in [-0.2, -0.15) is 0 Å². The van der Waals surface area contributed by atoms with E-state index in [1.807, 2.05) is 24.3 Å². The Morgan fingerprint density at radius 1 is 0.943 bits per heavy atom. The average Bonchev–Trinajstić information content (AvgIpc) is 3.47. The Bertz CT molecular complexity index is 1160. The van der Waals surface area contributed by atoms with Gasteiger partial charge in [0.25, 0.3) is 0 Å². The molecule has 0 unspecified atom stereocenters. The summed E-state index contributed by atoms with van der Waals surface area (Å²) >= 11 is 5.99. The lowest BCUT2D eigenvalue weighted by Crippen LogP contribution is -2.31. The van der Waals surface area contributed by atoms with E-state index in [1.165, 1.54) is 23.1 Å². The molecular formula is C29H32ClN3O2. The molecule has 2 heterocycles. The molecular weight excluding hydrogens is 458 g/mol. The average molecular weight is 490 g/mol. The molecule has 2 fully saturated rings. The third kappa shape index (κ3) is 5.53. The van der Waals surface area contributed by atoms with Crippen molar-refractivity contribution in [3.8, 4) is 11.1 Å². The lowest BCUT2D eigenvalue weighted by Gasteiger charge is -2.21. The summed E-state index contributed by atoms with van der Waals surface area (Å²) in [5.41, 5.74) is 5.89. The van der Waals surface area contributed by atoms with Crippen molar-refractivity contribution in [2.75, 3.05) is 33.7 Å². The van der Waals surface area contributed by atoms with Crippen molar-refractivity contribution in [3.63, 3.8) is 0 Å². The van der Waals surface area contributed by atoms with E-state index >= 15 is 0 Å². The first kappa shape index (κ1) is 23.9. The van der Waals surface area contributed by atoms with Crippen molar-refractivity contribution in [1.82, 2.24) is 14.7 Å². The van der Waals surface area contributed by atoms with Crippen molar-refractivity contribution in [2.24, 2.45) is 0 Å². The highest BCUT2D eigenvalue weighted by atomic mass is 35.5. The van der Waals surface area contributed by atoms with Crippen LogP contribution in [0.5, 0.6) is 0 Å². The van der Waals surface area contributed by atoms with E-state index in [9.17, 15) is 4.79 Å². The van der Waals surface area contributed by atoms with Crippen LogP contribution in [-0.2, 0) is 17.8 Å². The van der Waals surface area contributed by atoms with Crippen LogP contribution in [0.1, 0.15) is 29.2 Å². The van der Waals surface area contributed by atoms with E-state index in [1.54, 1.807) is 4.90 Å². The standard InChI is InChI=1S/C29H32ClN3O2/c1-31(2)26-15-16-32(19-26)18-24-5-3-4-6-27(24)22-9-7-21(8-10-22)17-33-20-28(35-29(33)34)23-11-13-25(30)14-12-23/h3-14,26,28H,15-20H2,1-2H3/t26-,28-/m0/s1. The number of ether oxygens (including phenoxy) is 1. The molecule has 2 aliphatic rings. The summed E-state index contributed by atoms with van der Waals surface area (Å²) in [7, 11) is 4.34. The Morgan fingerprint density at radius 2 is 1.69 bits per heavy atom. The number of halogens is 1. The van der Waals surface area contributed by atoms with Gasteiger partial charge in [-0.1, -0.05) is 72.3 Å². The van der Waals surface area contributed by atoms with E-state index in [2.05, 4.69) is 72.4 Å². The maximum absolute atomic E-state index is 12.5. The van der Waals surface area contributed by atoms with Crippen molar-refractivity contribution in [2.45, 2.75) is 31.7 Å². The third-order valence-electron chi connectivity index (χ3n) is 7.16. The molecule has 0 N–H and O–H groups in total. The van der Waals surface area contributed by atoms with Crippen LogP contribution in [0.15, 0.2) is 72.8 Å². The minimum atomic E-state index is -0.277. The van der Waals surface area contributed by atoms with Gasteiger partial charge in [0, 0.05) is 37.2 Å². The third-order valence-corrected chi connectivity index (χ3v) is 7.41. The monoisotopic (exact) mass is 489 g/mol. The zero-order valence-corrected chi connectivity index (χ0v) is 21.1. The molecule has 5 rings (SSSR count). The first-order valence-corrected chi connectivity index (χ1v) is 12.6. The van der Waals surface area contributed by atoms with Crippen LogP contribution in [-0.4, -0.2) is 60.6 Å². The quantitative estimate of drug-likeness (QED) is 0.418. The van der Waals surface area contributed by atoms with Crippen LogP contribution in [0.25, 0.3) is 11.1 Å². The first-order chi connectivity index (χ1) is 17.0. The molecule has 0 spiro atoms. The van der Waals surface area contributed by atoms with Crippen molar-refractivity contribution >= 4 is 17.7 Å². The van der Waals surface area contributed by atoms with Crippen molar-refractivity contribution in [1.29, 1.82) is 0 Å². The van der Waals surface area contributed by atoms with Gasteiger partial charge in [0.05, 0.1) is 6.54 Å². The maximum atomic E-state index is 12.5. The number of benzene rings is 3. The molecule has 3 aromatic rings. The summed E-state index contributed by atoms with van der Waals surface area (Å²) in [5, 5.41) is 0.676. The number of amides is 1. The smallest absolute Gasteiger partial charge is 0.410 e. The van der Waals surface area contributed by atoms with Crippen LogP contribution in [0, 0.1) is 0 Å². The predicted octanol–water partition coefficient (Wildman–Crippen LogP) is 5.84. The van der Waals surface area contributed by atoms with Crippen LogP contribution in [0.2, 0.25) is 5.02 Å². The first-order valence-electron chi connectivity index (χ1n) is 12.2. The molecule has 2 atom stereocenters. The molecule has 0 aromatic heterocycles. The summed E-state index contributed by atoms with van der Waals surface area (Å²) in [4.78, 5) is 19.1. The van der Waals surface area contributed by atoms with Crippen LogP contribution in [0.4, 0.5) is 4.79 Å². The molecule has 1 amide bonds. The number of carbonyl (C=O) groups excluding carboxylic acids is 1. The Morgan fingerprint density at radius 3 is 2.40 bits per heavy atom. The lowest BCUT2D eigenvalue weighted by atomic mass is 9.98. The molecule has 5 nitrogen and oxygen atoms in total. The van der Waals surface area contributed by atoms with E-state index in [-0.39, 0.29) is 12.2 Å². The van der Waals surface area contributed by atoms with E-state index < -0.39 is 0 Å². The number of rotatable bonds is 7. The molecule has 182 valence electrons. The van der Waals surface area contributed by atoms with E-state index in [0.717, 1.165) is 30.8 Å². The van der Waals surface area contributed by atoms with Gasteiger partial charge >= 0.3 is 6.09 Å². The molecule has 35 heavy (non-hydrogen) atoms. The fraction of sp³-hybridized carbons (Fsp3) is 0.345. The highest BCUT2D eigenvalue weighted by Crippen LogP contribution is 2.30. The van der Waals surface area contributed by atoms with Gasteiger partial charge < -0.3 is 9.64 Å². The number of nitrogens with zero attached hydrogens (tertiary/aromatic N) is 3. The Balaban J connectivity index is 1.24. The number of likely N-dealkylation sites (N-methyl/N-ethyl adjacent to an activating group) is 1. The molecule has 0 saturated carbocycles. The summed E-state index contributed by atoms with van der Waals surface area (Å²) in [6.45, 7) is 4.29. The van der Waals surface area contributed by atoms with E-state index in [0.29, 0.717) is 24.2 Å². The number of hydrogen-bond donors (Lipinski definition) is 0. The molecule has 3 aromatic carbocycles. The second-order valence-corrected chi connectivity index (χ2v) is 10.2. The van der Waals surface area contributed by atoms with Crippen molar-refractivity contribution in [3.05, 3.63) is 94.5 Å². The molecule has 2 saturated heterocycles. The van der Waals surface area contributed by atoms with Gasteiger partial charge in [0.15, 0.2) is 0 Å². The van der Waals surface area contributed by atoms with Gasteiger partial charge in [-0.05, 0) is 60.5 Å². The highest BCUT2D eigenvalue weighted by Gasteiger charge is 2.32. The number of carbonyl (C=O) groups is 1. The number of cyclic esters (lactones) is 1. The predicted molar refractivity (Wildman–Crippen MR) is 140 cm³/mol. The Hall–Kier alpha value is -2.86. The summed E-state index contributed by atoms with van der Waals surface area (Å²) in [6, 6.07) is 25.4. The molecule has 2 aliphatic heterocycles. The fourth-order valence-corrected chi connectivity index (χ4v) is 5.18. The second kappa shape index (κ2) is 10.4. The van der Waals surface area contributed by atoms with Crippen molar-refractivity contribution < 1.29 is 9.53 Å². The topological polar surface area (TPSA) is 36.0 Å². The molecule has 0 aliphatic carbocycles. The van der Waals surface area contributed by atoms with Gasteiger partial charge in [0.1, 0.15) is 6.10 Å². The normalized spacial score (nSPS) is 20.6. The second-order valence-electron chi connectivity index (χ2n) is 9.80. The Labute approximate surface area is 212 Å². The molecule has 0 radical (unpaired) electrons. The van der Waals surface area contributed by atoms with Gasteiger partial charge in [0.2, 0.25) is 0 Å². The van der Waals surface area contributed by atoms with Crippen LogP contribution < -0.4 is 0 Å². The zero-order valence-electron chi connectivity index (χ0n) is 20.4. The highest BCUT2D eigenvalue weighted by molar-refractivity contribution is 6.30. The number of hydrogen-bond acceptors (Lipinski definition) is 4. The minimum Gasteiger partial charge on any atom is -0.439 e. The van der Waals surface area contributed by atoms with Gasteiger partial charge in [-0.15, -0.1) is 0 Å². The number of likely N-dealkylation sites (tertiary alicyclic amines) is 1. The lowest BCUT2D eigenvalue weighted by molar-refractivity contribution is 0.132. The van der Waals surface area contributed by atoms with Crippen LogP contribution in [0.3, 0.4) is 0 Å². The van der Waals surface area contributed by atoms with Crippen LogP contribution >= 0.6 is 11.6 Å². The fourth-order valence-electron chi connectivity index (χ4n) is 5.06. The Kier molecular flexibility index (Phi) is 7.09. The SMILES string of the molecule is CN(C)[C@H]1CCN(Cc2ccccc2-c2ccc(CN3C[C@@H](c4ccc(Cl)cc4)OC3=O)cc2)C1. The van der Waals surface area contributed by atoms with Gasteiger partial charge in [-0.25, -0.2) is 4.79 Å². The molecule has 6 heteroatoms. The summed E-state index contributed by atoms with van der Waals surface area (Å²) in [5.74, 6) is 0. The largest absolute Gasteiger partial charge is 0.439 e. The van der Waals surface area contributed by atoms with Gasteiger partial charge in [-0.3, -0.25) is 9.80 Å². The minimum absolute atomic E-state index is 0.261. The molecule has 0 bridgehead atoms. The summed E-state index contributed by atoms with van der Waals surface area (Å²) < 4.78 is 5.60. The van der Waals surface area contributed by atoms with E-state index in [4.69, 9.17) is 16.3 Å². The summed E-state index contributed by atoms with van der Waals surface area (Å²) in [6.07, 6.45) is 0.686.